The molecule has 5 nitrogen and oxygen atoms in total. The Morgan fingerprint density at radius 3 is 2.59 bits per heavy atom. The minimum Gasteiger partial charge on any atom is -0.349 e. The van der Waals surface area contributed by atoms with E-state index in [9.17, 15) is 0 Å². The molecule has 2 aliphatic rings. The van der Waals surface area contributed by atoms with Crippen LogP contribution in [0.4, 0.5) is 0 Å². The van der Waals surface area contributed by atoms with Gasteiger partial charge >= 0.3 is 0 Å². The summed E-state index contributed by atoms with van der Waals surface area (Å²) in [4.78, 5) is 11.6. The van der Waals surface area contributed by atoms with Gasteiger partial charge in [0.05, 0.1) is 6.54 Å². The quantitative estimate of drug-likeness (QED) is 0.653. The van der Waals surface area contributed by atoms with Crippen LogP contribution in [0.3, 0.4) is 0 Å². The number of aromatic nitrogens is 2. The Morgan fingerprint density at radius 1 is 1.15 bits per heavy atom. The van der Waals surface area contributed by atoms with E-state index in [0.29, 0.717) is 0 Å². The van der Waals surface area contributed by atoms with E-state index in [-0.39, 0.29) is 0 Å². The number of hydrogen-bond acceptors (Lipinski definition) is 2. The van der Waals surface area contributed by atoms with Crippen LogP contribution >= 0.6 is 0 Å². The average Bonchev–Trinajstić information content (AvgIpc) is 3.34. The van der Waals surface area contributed by atoms with Crippen molar-refractivity contribution in [3.8, 4) is 0 Å². The summed E-state index contributed by atoms with van der Waals surface area (Å²) >= 11 is 0. The third-order valence-electron chi connectivity index (χ3n) is 6.18. The molecular weight excluding hydrogens is 334 g/mol. The van der Waals surface area contributed by atoms with Gasteiger partial charge in [-0.2, -0.15) is 0 Å². The number of rotatable bonds is 5. The number of aryl methyl sites for hydroxylation is 2. The summed E-state index contributed by atoms with van der Waals surface area (Å²) in [6.45, 7) is 3.99. The molecule has 1 N–H and O–H groups in total. The van der Waals surface area contributed by atoms with Gasteiger partial charge in [-0.05, 0) is 36.7 Å². The highest BCUT2D eigenvalue weighted by Crippen LogP contribution is 2.35. The van der Waals surface area contributed by atoms with Crippen molar-refractivity contribution in [2.75, 3.05) is 20.1 Å². The van der Waals surface area contributed by atoms with Crippen molar-refractivity contribution in [1.82, 2.24) is 19.8 Å². The Labute approximate surface area is 162 Å². The van der Waals surface area contributed by atoms with E-state index in [1.54, 1.807) is 0 Å². The third kappa shape index (κ3) is 4.34. The van der Waals surface area contributed by atoms with Crippen LogP contribution in [-0.4, -0.2) is 40.5 Å². The summed E-state index contributed by atoms with van der Waals surface area (Å²) in [7, 11) is 1.90. The maximum atomic E-state index is 4.56. The lowest BCUT2D eigenvalue weighted by Crippen LogP contribution is -2.40. The molecule has 2 unspecified atom stereocenters. The molecule has 2 fully saturated rings. The molecule has 0 radical (unpaired) electrons. The molecular formula is C22H31N5. The number of nitrogens with zero attached hydrogens (tertiary/aromatic N) is 4. The summed E-state index contributed by atoms with van der Waals surface area (Å²) in [6.07, 6.45) is 10.6. The molecule has 5 heteroatoms. The van der Waals surface area contributed by atoms with E-state index in [0.717, 1.165) is 56.2 Å². The first-order valence-electron chi connectivity index (χ1n) is 10.3. The molecule has 1 aliphatic heterocycles. The number of imidazole rings is 1. The molecule has 0 spiro atoms. The molecule has 1 saturated carbocycles. The lowest BCUT2D eigenvalue weighted by Gasteiger charge is -2.22. The van der Waals surface area contributed by atoms with E-state index >= 15 is 0 Å². The number of likely N-dealkylation sites (tertiary alicyclic amines) is 1. The molecule has 27 heavy (non-hydrogen) atoms. The minimum atomic E-state index is 0.723. The number of guanidine groups is 1. The molecule has 1 aliphatic carbocycles. The highest BCUT2D eigenvalue weighted by atomic mass is 15.3. The standard InChI is InChI=1S/C22H31N5/c1-23-22(27-16-19-9-5-6-10-20(19)17-27)25-15-21-24-12-14-26(21)13-11-18-7-3-2-4-8-18/h2-4,7-8,12,14,19-20H,5-6,9-11,13,15-17H2,1H3,(H,23,25). The van der Waals surface area contributed by atoms with Gasteiger partial charge in [0.1, 0.15) is 5.82 Å². The zero-order chi connectivity index (χ0) is 18.5. The second-order valence-corrected chi connectivity index (χ2v) is 7.88. The molecule has 2 atom stereocenters. The smallest absolute Gasteiger partial charge is 0.194 e. The topological polar surface area (TPSA) is 45.5 Å². The first-order valence-corrected chi connectivity index (χ1v) is 10.3. The van der Waals surface area contributed by atoms with Crippen LogP contribution in [0.1, 0.15) is 37.1 Å². The second-order valence-electron chi connectivity index (χ2n) is 7.88. The van der Waals surface area contributed by atoms with Crippen LogP contribution in [0.25, 0.3) is 0 Å². The summed E-state index contributed by atoms with van der Waals surface area (Å²) in [5.74, 6) is 3.83. The average molecular weight is 366 g/mol. The summed E-state index contributed by atoms with van der Waals surface area (Å²) in [5, 5.41) is 3.55. The highest BCUT2D eigenvalue weighted by Gasteiger charge is 2.35. The normalized spacial score (nSPS) is 22.7. The van der Waals surface area contributed by atoms with E-state index in [2.05, 4.69) is 61.3 Å². The fraction of sp³-hybridized carbons (Fsp3) is 0.545. The van der Waals surface area contributed by atoms with Crippen molar-refractivity contribution < 1.29 is 0 Å². The molecule has 144 valence electrons. The summed E-state index contributed by atoms with van der Waals surface area (Å²) < 4.78 is 2.25. The lowest BCUT2D eigenvalue weighted by atomic mass is 9.82. The van der Waals surface area contributed by atoms with Crippen molar-refractivity contribution in [2.45, 2.75) is 45.2 Å². The summed E-state index contributed by atoms with van der Waals surface area (Å²) in [5.41, 5.74) is 1.36. The fourth-order valence-electron chi connectivity index (χ4n) is 4.67. The molecule has 2 heterocycles. The van der Waals surface area contributed by atoms with Crippen molar-refractivity contribution in [1.29, 1.82) is 0 Å². The van der Waals surface area contributed by atoms with E-state index < -0.39 is 0 Å². The Kier molecular flexibility index (Phi) is 5.75. The van der Waals surface area contributed by atoms with Crippen LogP contribution in [-0.2, 0) is 19.5 Å². The van der Waals surface area contributed by atoms with E-state index in [4.69, 9.17) is 0 Å². The van der Waals surface area contributed by atoms with Crippen LogP contribution < -0.4 is 5.32 Å². The van der Waals surface area contributed by atoms with Crippen molar-refractivity contribution in [3.63, 3.8) is 0 Å². The fourth-order valence-corrected chi connectivity index (χ4v) is 4.67. The lowest BCUT2D eigenvalue weighted by molar-refractivity contribution is 0.299. The Bertz CT molecular complexity index is 737. The molecule has 1 aromatic carbocycles. The molecule has 1 aromatic heterocycles. The zero-order valence-corrected chi connectivity index (χ0v) is 16.3. The van der Waals surface area contributed by atoms with Gasteiger partial charge in [0, 0.05) is 39.1 Å². The third-order valence-corrected chi connectivity index (χ3v) is 6.18. The number of nitrogens with one attached hydrogen (secondary N) is 1. The van der Waals surface area contributed by atoms with Crippen LogP contribution in [0.2, 0.25) is 0 Å². The molecule has 0 bridgehead atoms. The van der Waals surface area contributed by atoms with Gasteiger partial charge in [-0.25, -0.2) is 4.98 Å². The van der Waals surface area contributed by atoms with Crippen molar-refractivity contribution in [2.24, 2.45) is 16.8 Å². The van der Waals surface area contributed by atoms with Crippen LogP contribution in [0, 0.1) is 11.8 Å². The number of hydrogen-bond donors (Lipinski definition) is 1. The first kappa shape index (κ1) is 18.1. The zero-order valence-electron chi connectivity index (χ0n) is 16.3. The Hall–Kier alpha value is -2.30. The first-order chi connectivity index (χ1) is 13.3. The molecule has 4 rings (SSSR count). The van der Waals surface area contributed by atoms with E-state index in [1.165, 1.54) is 31.2 Å². The minimum absolute atomic E-state index is 0.723. The molecule has 1 saturated heterocycles. The van der Waals surface area contributed by atoms with Gasteiger partial charge in [0.2, 0.25) is 0 Å². The largest absolute Gasteiger partial charge is 0.349 e. The van der Waals surface area contributed by atoms with Crippen molar-refractivity contribution in [3.05, 3.63) is 54.1 Å². The van der Waals surface area contributed by atoms with Gasteiger partial charge in [-0.15, -0.1) is 0 Å². The summed E-state index contributed by atoms with van der Waals surface area (Å²) in [6, 6.07) is 10.6. The number of fused-ring (bicyclic) bond motifs is 1. The number of benzene rings is 1. The van der Waals surface area contributed by atoms with Crippen LogP contribution in [0.5, 0.6) is 0 Å². The predicted molar refractivity (Wildman–Crippen MR) is 110 cm³/mol. The molecule has 0 amide bonds. The van der Waals surface area contributed by atoms with Gasteiger partial charge in [-0.3, -0.25) is 4.99 Å². The monoisotopic (exact) mass is 365 g/mol. The van der Waals surface area contributed by atoms with Crippen molar-refractivity contribution >= 4 is 5.96 Å². The number of aliphatic imine (C=N–C) groups is 1. The van der Waals surface area contributed by atoms with Crippen LogP contribution in [0.15, 0.2) is 47.7 Å². The van der Waals surface area contributed by atoms with Gasteiger partial charge in [0.15, 0.2) is 5.96 Å². The van der Waals surface area contributed by atoms with Gasteiger partial charge in [0.25, 0.3) is 0 Å². The Balaban J connectivity index is 1.32. The molecule has 2 aromatic rings. The van der Waals surface area contributed by atoms with Gasteiger partial charge in [-0.1, -0.05) is 43.2 Å². The SMILES string of the molecule is CN=C(NCc1nccn1CCc1ccccc1)N1CC2CCCCC2C1. The highest BCUT2D eigenvalue weighted by molar-refractivity contribution is 5.80. The maximum Gasteiger partial charge on any atom is 0.194 e. The predicted octanol–water partition coefficient (Wildman–Crippen LogP) is 3.32. The second kappa shape index (κ2) is 8.59. The van der Waals surface area contributed by atoms with E-state index in [1.807, 2.05) is 13.2 Å². The Morgan fingerprint density at radius 2 is 1.89 bits per heavy atom. The van der Waals surface area contributed by atoms with Gasteiger partial charge < -0.3 is 14.8 Å². The maximum absolute atomic E-state index is 4.56.